The summed E-state index contributed by atoms with van der Waals surface area (Å²) in [5.74, 6) is 0. The second-order valence-electron chi connectivity index (χ2n) is 8.12. The third-order valence-corrected chi connectivity index (χ3v) is 8.48. The zero-order valence-corrected chi connectivity index (χ0v) is 16.8. The van der Waals surface area contributed by atoms with E-state index in [1.807, 2.05) is 4.90 Å². The van der Waals surface area contributed by atoms with Gasteiger partial charge in [-0.25, -0.2) is 8.42 Å². The summed E-state index contributed by atoms with van der Waals surface area (Å²) in [6.45, 7) is 2.80. The van der Waals surface area contributed by atoms with Crippen LogP contribution in [0.15, 0.2) is 23.1 Å². The number of benzene rings is 1. The number of hydrogen-bond donors (Lipinski definition) is 0. The number of nitro benzene ring substituents is 1. The van der Waals surface area contributed by atoms with Gasteiger partial charge in [0.15, 0.2) is 0 Å². The van der Waals surface area contributed by atoms with Gasteiger partial charge < -0.3 is 9.64 Å². The van der Waals surface area contributed by atoms with Gasteiger partial charge in [-0.1, -0.05) is 12.8 Å². The van der Waals surface area contributed by atoms with Crippen molar-refractivity contribution in [3.05, 3.63) is 28.3 Å². The summed E-state index contributed by atoms with van der Waals surface area (Å²) in [6.07, 6.45) is 7.21. The van der Waals surface area contributed by atoms with E-state index in [1.165, 1.54) is 42.1 Å². The van der Waals surface area contributed by atoms with E-state index >= 15 is 0 Å². The standard InChI is InChI=1S/C19H27N3O5S/c23-22(24)18-15-16(28(25,26)21-11-13-27-14-12-21)3-4-17(18)20-9-7-19(8-10-20)5-1-2-6-19/h3-4,15H,1-2,5-14H2. The molecule has 0 atom stereocenters. The highest BCUT2D eigenvalue weighted by Gasteiger charge is 2.38. The highest BCUT2D eigenvalue weighted by molar-refractivity contribution is 7.89. The fraction of sp³-hybridized carbons (Fsp3) is 0.684. The topological polar surface area (TPSA) is 93.0 Å². The maximum Gasteiger partial charge on any atom is 0.293 e. The molecule has 3 fully saturated rings. The molecule has 28 heavy (non-hydrogen) atoms. The average molecular weight is 410 g/mol. The Morgan fingerprint density at radius 1 is 1.00 bits per heavy atom. The lowest BCUT2D eigenvalue weighted by Crippen LogP contribution is -2.41. The zero-order chi connectivity index (χ0) is 19.8. The van der Waals surface area contributed by atoms with E-state index in [2.05, 4.69) is 0 Å². The van der Waals surface area contributed by atoms with Gasteiger partial charge in [0.2, 0.25) is 10.0 Å². The maximum absolute atomic E-state index is 12.9. The molecule has 154 valence electrons. The van der Waals surface area contributed by atoms with Gasteiger partial charge in [0.05, 0.1) is 23.0 Å². The first-order valence-corrected chi connectivity index (χ1v) is 11.5. The lowest BCUT2D eigenvalue weighted by Gasteiger charge is -2.40. The molecule has 1 saturated carbocycles. The Morgan fingerprint density at radius 2 is 1.64 bits per heavy atom. The molecule has 1 aliphatic carbocycles. The SMILES string of the molecule is O=[N+]([O-])c1cc(S(=O)(=O)N2CCOCC2)ccc1N1CCC2(CCCC2)CC1. The summed E-state index contributed by atoms with van der Waals surface area (Å²) in [7, 11) is -3.75. The van der Waals surface area contributed by atoms with Crippen molar-refractivity contribution in [1.82, 2.24) is 4.31 Å². The Labute approximate surface area is 165 Å². The van der Waals surface area contributed by atoms with Crippen LogP contribution in [0.1, 0.15) is 38.5 Å². The second-order valence-corrected chi connectivity index (χ2v) is 10.1. The first-order chi connectivity index (χ1) is 13.4. The quantitative estimate of drug-likeness (QED) is 0.561. The normalized spacial score (nSPS) is 23.2. The van der Waals surface area contributed by atoms with Gasteiger partial charge in [-0.3, -0.25) is 10.1 Å². The number of piperidine rings is 1. The molecule has 2 saturated heterocycles. The van der Waals surface area contributed by atoms with Crippen molar-refractivity contribution < 1.29 is 18.1 Å². The van der Waals surface area contributed by atoms with Crippen LogP contribution in [0.25, 0.3) is 0 Å². The van der Waals surface area contributed by atoms with Gasteiger partial charge in [0.25, 0.3) is 5.69 Å². The van der Waals surface area contributed by atoms with Gasteiger partial charge in [-0.15, -0.1) is 0 Å². The van der Waals surface area contributed by atoms with E-state index in [4.69, 9.17) is 4.74 Å². The number of sulfonamides is 1. The molecule has 1 aromatic rings. The highest BCUT2D eigenvalue weighted by Crippen LogP contribution is 2.47. The zero-order valence-electron chi connectivity index (χ0n) is 16.0. The van der Waals surface area contributed by atoms with Crippen LogP contribution >= 0.6 is 0 Å². The average Bonchev–Trinajstić information content (AvgIpc) is 3.17. The lowest BCUT2D eigenvalue weighted by molar-refractivity contribution is -0.384. The molecule has 1 aromatic carbocycles. The fourth-order valence-electron chi connectivity index (χ4n) is 4.86. The molecule has 0 radical (unpaired) electrons. The second kappa shape index (κ2) is 7.61. The minimum Gasteiger partial charge on any atom is -0.379 e. The molecule has 0 amide bonds. The van der Waals surface area contributed by atoms with Crippen LogP contribution in [0.2, 0.25) is 0 Å². The Morgan fingerprint density at radius 3 is 2.25 bits per heavy atom. The molecule has 8 nitrogen and oxygen atoms in total. The van der Waals surface area contributed by atoms with Crippen molar-refractivity contribution in [2.45, 2.75) is 43.4 Å². The molecular weight excluding hydrogens is 382 g/mol. The van der Waals surface area contributed by atoms with Crippen LogP contribution in [-0.4, -0.2) is 57.0 Å². The molecule has 2 heterocycles. The summed E-state index contributed by atoms with van der Waals surface area (Å²) in [5.41, 5.74) is 0.820. The van der Waals surface area contributed by atoms with Crippen molar-refractivity contribution in [3.8, 4) is 0 Å². The summed E-state index contributed by atoms with van der Waals surface area (Å²) in [5, 5.41) is 11.7. The van der Waals surface area contributed by atoms with E-state index in [0.717, 1.165) is 25.9 Å². The molecule has 3 aliphatic rings. The van der Waals surface area contributed by atoms with Crippen molar-refractivity contribution >= 4 is 21.4 Å². The first-order valence-electron chi connectivity index (χ1n) is 10.0. The molecule has 0 aromatic heterocycles. The lowest BCUT2D eigenvalue weighted by atomic mass is 9.77. The number of anilines is 1. The van der Waals surface area contributed by atoms with Gasteiger partial charge in [0, 0.05) is 32.2 Å². The predicted molar refractivity (Wildman–Crippen MR) is 105 cm³/mol. The fourth-order valence-corrected chi connectivity index (χ4v) is 6.29. The molecular formula is C19H27N3O5S. The van der Waals surface area contributed by atoms with Crippen molar-refractivity contribution in [2.75, 3.05) is 44.3 Å². The van der Waals surface area contributed by atoms with Crippen molar-refractivity contribution in [2.24, 2.45) is 5.41 Å². The van der Waals surface area contributed by atoms with E-state index in [0.29, 0.717) is 24.3 Å². The third-order valence-electron chi connectivity index (χ3n) is 6.58. The van der Waals surface area contributed by atoms with Gasteiger partial charge in [-0.05, 0) is 43.2 Å². The monoisotopic (exact) mass is 409 g/mol. The maximum atomic E-state index is 12.9. The molecule has 2 aliphatic heterocycles. The van der Waals surface area contributed by atoms with Crippen LogP contribution < -0.4 is 4.90 Å². The van der Waals surface area contributed by atoms with Crippen LogP contribution in [-0.2, 0) is 14.8 Å². The van der Waals surface area contributed by atoms with E-state index < -0.39 is 14.9 Å². The summed E-state index contributed by atoms with van der Waals surface area (Å²) < 4.78 is 32.3. The van der Waals surface area contributed by atoms with Crippen LogP contribution in [0, 0.1) is 15.5 Å². The van der Waals surface area contributed by atoms with Crippen LogP contribution in [0.5, 0.6) is 0 Å². The van der Waals surface area contributed by atoms with Gasteiger partial charge >= 0.3 is 0 Å². The molecule has 9 heteroatoms. The Bertz CT molecular complexity index is 835. The Balaban J connectivity index is 1.58. The molecule has 0 bridgehead atoms. The molecule has 0 N–H and O–H groups in total. The van der Waals surface area contributed by atoms with Crippen molar-refractivity contribution in [3.63, 3.8) is 0 Å². The summed E-state index contributed by atoms with van der Waals surface area (Å²) in [6, 6.07) is 4.34. The van der Waals surface area contributed by atoms with Crippen LogP contribution in [0.3, 0.4) is 0 Å². The third kappa shape index (κ3) is 3.62. The highest BCUT2D eigenvalue weighted by atomic mass is 32.2. The van der Waals surface area contributed by atoms with E-state index in [1.54, 1.807) is 6.07 Å². The van der Waals surface area contributed by atoms with Crippen LogP contribution in [0.4, 0.5) is 11.4 Å². The smallest absolute Gasteiger partial charge is 0.293 e. The molecule has 0 unspecified atom stereocenters. The van der Waals surface area contributed by atoms with E-state index in [-0.39, 0.29) is 23.7 Å². The van der Waals surface area contributed by atoms with Gasteiger partial charge in [0.1, 0.15) is 5.69 Å². The molecule has 1 spiro atoms. The number of rotatable bonds is 4. The number of morpholine rings is 1. The minimum atomic E-state index is -3.75. The Hall–Kier alpha value is -1.71. The molecule has 4 rings (SSSR count). The number of nitro groups is 1. The largest absolute Gasteiger partial charge is 0.379 e. The predicted octanol–water partition coefficient (Wildman–Crippen LogP) is 2.78. The van der Waals surface area contributed by atoms with Gasteiger partial charge in [-0.2, -0.15) is 4.31 Å². The summed E-state index contributed by atoms with van der Waals surface area (Å²) in [4.78, 5) is 13.3. The minimum absolute atomic E-state index is 0.0193. The first kappa shape index (κ1) is 19.6. The number of nitrogens with zero attached hydrogens (tertiary/aromatic N) is 3. The van der Waals surface area contributed by atoms with E-state index in [9.17, 15) is 18.5 Å². The van der Waals surface area contributed by atoms with Crippen molar-refractivity contribution in [1.29, 1.82) is 0 Å². The summed E-state index contributed by atoms with van der Waals surface area (Å²) >= 11 is 0. The Kier molecular flexibility index (Phi) is 5.32. The number of ether oxygens (including phenoxy) is 1. The number of hydrogen-bond acceptors (Lipinski definition) is 6.